The number of aryl methyl sites for hydroxylation is 1. The van der Waals surface area contributed by atoms with E-state index in [1.54, 1.807) is 0 Å². The summed E-state index contributed by atoms with van der Waals surface area (Å²) < 4.78 is 6.09. The van der Waals surface area contributed by atoms with Gasteiger partial charge in [0.05, 0.1) is 10.9 Å². The monoisotopic (exact) mass is 334 g/mol. The fraction of sp³-hybridized carbons (Fsp3) is 0.0435. The molecule has 3 heteroatoms. The summed E-state index contributed by atoms with van der Waals surface area (Å²) in [7, 11) is 0. The zero-order valence-electron chi connectivity index (χ0n) is 14.2. The Kier molecular flexibility index (Phi) is 2.54. The predicted octanol–water partition coefficient (Wildman–Crippen LogP) is 6.14. The molecule has 3 aromatic heterocycles. The van der Waals surface area contributed by atoms with Crippen molar-refractivity contribution in [1.29, 1.82) is 0 Å². The molecule has 6 aromatic rings. The van der Waals surface area contributed by atoms with Crippen molar-refractivity contribution in [3.05, 3.63) is 72.6 Å². The Morgan fingerprint density at radius 1 is 0.654 bits per heavy atom. The molecule has 0 aliphatic rings. The van der Waals surface area contributed by atoms with Gasteiger partial charge >= 0.3 is 0 Å². The number of benzene rings is 3. The van der Waals surface area contributed by atoms with Crippen molar-refractivity contribution in [3.63, 3.8) is 0 Å². The maximum atomic E-state index is 6.09. The minimum absolute atomic E-state index is 0.822. The quantitative estimate of drug-likeness (QED) is 0.313. The lowest BCUT2D eigenvalue weighted by atomic mass is 9.95. The normalized spacial score (nSPS) is 12.0. The van der Waals surface area contributed by atoms with Gasteiger partial charge in [0, 0.05) is 28.0 Å². The van der Waals surface area contributed by atoms with Crippen molar-refractivity contribution in [1.82, 2.24) is 9.97 Å². The first-order valence-corrected chi connectivity index (χ1v) is 8.69. The molecule has 0 aliphatic carbocycles. The van der Waals surface area contributed by atoms with E-state index in [1.807, 2.05) is 37.4 Å². The molecule has 0 N–H and O–H groups in total. The zero-order chi connectivity index (χ0) is 17.3. The molecule has 3 nitrogen and oxygen atoms in total. The molecule has 0 unspecified atom stereocenters. The molecule has 0 spiro atoms. The molecule has 0 atom stereocenters. The predicted molar refractivity (Wildman–Crippen MR) is 107 cm³/mol. The van der Waals surface area contributed by atoms with E-state index in [-0.39, 0.29) is 0 Å². The number of furan rings is 1. The molecular formula is C23H14N2O. The van der Waals surface area contributed by atoms with Crippen LogP contribution >= 0.6 is 0 Å². The molecule has 0 bridgehead atoms. The highest BCUT2D eigenvalue weighted by Crippen LogP contribution is 2.41. The van der Waals surface area contributed by atoms with Crippen molar-refractivity contribution in [3.8, 4) is 0 Å². The smallest absolute Gasteiger partial charge is 0.153 e. The summed E-state index contributed by atoms with van der Waals surface area (Å²) in [4.78, 5) is 9.48. The third-order valence-corrected chi connectivity index (χ3v) is 5.17. The Morgan fingerprint density at radius 3 is 2.38 bits per heavy atom. The molecule has 122 valence electrons. The Balaban J connectivity index is 2.04. The topological polar surface area (TPSA) is 38.9 Å². The number of hydrogen-bond donors (Lipinski definition) is 0. The van der Waals surface area contributed by atoms with Gasteiger partial charge in [-0.25, -0.2) is 4.98 Å². The van der Waals surface area contributed by atoms with E-state index in [9.17, 15) is 0 Å². The largest absolute Gasteiger partial charge is 0.454 e. The maximum Gasteiger partial charge on any atom is 0.153 e. The van der Waals surface area contributed by atoms with Gasteiger partial charge in [-0.05, 0) is 48.0 Å². The third-order valence-electron chi connectivity index (χ3n) is 5.17. The Labute approximate surface area is 148 Å². The first-order chi connectivity index (χ1) is 12.8. The zero-order valence-corrected chi connectivity index (χ0v) is 14.2. The first-order valence-electron chi connectivity index (χ1n) is 8.69. The lowest BCUT2D eigenvalue weighted by Gasteiger charge is -2.10. The molecule has 0 saturated carbocycles. The van der Waals surface area contributed by atoms with E-state index in [2.05, 4.69) is 36.4 Å². The average Bonchev–Trinajstić information content (AvgIpc) is 3.06. The summed E-state index contributed by atoms with van der Waals surface area (Å²) in [6, 6.07) is 20.8. The second kappa shape index (κ2) is 4.79. The fourth-order valence-electron chi connectivity index (χ4n) is 4.08. The Morgan fingerprint density at radius 2 is 1.46 bits per heavy atom. The second-order valence-electron chi connectivity index (χ2n) is 6.71. The van der Waals surface area contributed by atoms with Crippen LogP contribution in [0.1, 0.15) is 5.69 Å². The average molecular weight is 334 g/mol. The van der Waals surface area contributed by atoms with Crippen LogP contribution in [-0.4, -0.2) is 9.97 Å². The van der Waals surface area contributed by atoms with E-state index in [0.717, 1.165) is 38.7 Å². The van der Waals surface area contributed by atoms with Crippen LogP contribution in [-0.2, 0) is 0 Å². The molecule has 0 radical (unpaired) electrons. The number of nitrogens with zero attached hydrogens (tertiary/aromatic N) is 2. The Bertz CT molecular complexity index is 1460. The number of fused-ring (bicyclic) bond motifs is 10. The molecule has 6 rings (SSSR count). The number of hydrogen-bond acceptors (Lipinski definition) is 3. The van der Waals surface area contributed by atoms with E-state index in [0.29, 0.717) is 0 Å². The highest BCUT2D eigenvalue weighted by Gasteiger charge is 2.17. The van der Waals surface area contributed by atoms with E-state index in [1.165, 1.54) is 21.5 Å². The Hall–Kier alpha value is -3.46. The van der Waals surface area contributed by atoms with E-state index in [4.69, 9.17) is 14.4 Å². The van der Waals surface area contributed by atoms with Crippen LogP contribution in [0, 0.1) is 6.92 Å². The summed E-state index contributed by atoms with van der Waals surface area (Å²) >= 11 is 0. The molecular weight excluding hydrogens is 320 g/mol. The number of pyridine rings is 2. The minimum atomic E-state index is 0.822. The van der Waals surface area contributed by atoms with Gasteiger partial charge < -0.3 is 4.42 Å². The van der Waals surface area contributed by atoms with Gasteiger partial charge in [0.25, 0.3) is 0 Å². The summed E-state index contributed by atoms with van der Waals surface area (Å²) in [6.45, 7) is 2.01. The standard InChI is InChI=1S/C23H14N2O/c1-13-8-10-19-23(25-13)21-18(26-19)11-9-17-20(21)15-6-3-2-5-14(15)16-7-4-12-24-22(16)17/h2-12H,1H3. The van der Waals surface area contributed by atoms with Crippen molar-refractivity contribution >= 4 is 54.5 Å². The van der Waals surface area contributed by atoms with Crippen LogP contribution < -0.4 is 0 Å². The van der Waals surface area contributed by atoms with E-state index < -0.39 is 0 Å². The van der Waals surface area contributed by atoms with E-state index >= 15 is 0 Å². The van der Waals surface area contributed by atoms with Crippen LogP contribution in [0.3, 0.4) is 0 Å². The van der Waals surface area contributed by atoms with Crippen LogP contribution in [0.2, 0.25) is 0 Å². The van der Waals surface area contributed by atoms with Crippen LogP contribution in [0.4, 0.5) is 0 Å². The van der Waals surface area contributed by atoms with Crippen LogP contribution in [0.5, 0.6) is 0 Å². The summed E-state index contributed by atoms with van der Waals surface area (Å²) in [5.41, 5.74) is 4.62. The van der Waals surface area contributed by atoms with Gasteiger partial charge in [-0.2, -0.15) is 0 Å². The molecule has 3 aromatic carbocycles. The van der Waals surface area contributed by atoms with Gasteiger partial charge in [-0.3, -0.25) is 4.98 Å². The van der Waals surface area contributed by atoms with Crippen molar-refractivity contribution in [2.75, 3.05) is 0 Å². The molecule has 3 heterocycles. The summed E-state index contributed by atoms with van der Waals surface area (Å²) in [5, 5.41) is 6.97. The van der Waals surface area contributed by atoms with Crippen molar-refractivity contribution < 1.29 is 4.42 Å². The summed E-state index contributed by atoms with van der Waals surface area (Å²) in [5.74, 6) is 0. The highest BCUT2D eigenvalue weighted by molar-refractivity contribution is 6.33. The number of aromatic nitrogens is 2. The molecule has 0 fully saturated rings. The lowest BCUT2D eigenvalue weighted by molar-refractivity contribution is 0.668. The molecule has 0 saturated heterocycles. The fourth-order valence-corrected chi connectivity index (χ4v) is 4.08. The van der Waals surface area contributed by atoms with Crippen molar-refractivity contribution in [2.24, 2.45) is 0 Å². The van der Waals surface area contributed by atoms with Crippen LogP contribution in [0.15, 0.2) is 71.3 Å². The second-order valence-corrected chi connectivity index (χ2v) is 6.71. The third kappa shape index (κ3) is 1.67. The van der Waals surface area contributed by atoms with Gasteiger partial charge in [0.2, 0.25) is 0 Å². The maximum absolute atomic E-state index is 6.09. The number of rotatable bonds is 0. The van der Waals surface area contributed by atoms with Crippen molar-refractivity contribution in [2.45, 2.75) is 6.92 Å². The first kappa shape index (κ1) is 13.8. The highest BCUT2D eigenvalue weighted by atomic mass is 16.3. The SMILES string of the molecule is Cc1ccc2oc3ccc4c5ncccc5c5ccccc5c4c3c2n1. The summed E-state index contributed by atoms with van der Waals surface area (Å²) in [6.07, 6.45) is 1.86. The van der Waals surface area contributed by atoms with Gasteiger partial charge in [-0.15, -0.1) is 0 Å². The van der Waals surface area contributed by atoms with Gasteiger partial charge in [-0.1, -0.05) is 30.3 Å². The van der Waals surface area contributed by atoms with Crippen LogP contribution in [0.25, 0.3) is 54.5 Å². The molecule has 0 amide bonds. The minimum Gasteiger partial charge on any atom is -0.454 e. The van der Waals surface area contributed by atoms with Gasteiger partial charge in [0.1, 0.15) is 11.1 Å². The van der Waals surface area contributed by atoms with Gasteiger partial charge in [0.15, 0.2) is 5.58 Å². The lowest BCUT2D eigenvalue weighted by Crippen LogP contribution is -1.87. The molecule has 26 heavy (non-hydrogen) atoms. The molecule has 0 aliphatic heterocycles.